The van der Waals surface area contributed by atoms with Gasteiger partial charge in [0, 0.05) is 33.1 Å². The van der Waals surface area contributed by atoms with Gasteiger partial charge >= 0.3 is 0 Å². The minimum atomic E-state index is -0.535. The Morgan fingerprint density at radius 2 is 2.26 bits per heavy atom. The van der Waals surface area contributed by atoms with E-state index in [9.17, 15) is 4.79 Å². The lowest BCUT2D eigenvalue weighted by atomic mass is 9.95. The molecule has 1 unspecified atom stereocenters. The van der Waals surface area contributed by atoms with E-state index in [1.807, 2.05) is 12.1 Å². The summed E-state index contributed by atoms with van der Waals surface area (Å²) in [6.07, 6.45) is 5.42. The minimum Gasteiger partial charge on any atom is -0.382 e. The first-order valence-electron chi connectivity index (χ1n) is 6.58. The summed E-state index contributed by atoms with van der Waals surface area (Å²) in [6, 6.07) is 3.97. The number of carbonyl (C=O) groups is 1. The maximum absolute atomic E-state index is 12.3. The Morgan fingerprint density at radius 3 is 2.89 bits per heavy atom. The summed E-state index contributed by atoms with van der Waals surface area (Å²) in [5, 5.41) is 2.78. The molecule has 1 aliphatic heterocycles. The number of amides is 1. The van der Waals surface area contributed by atoms with Crippen LogP contribution in [0.15, 0.2) is 24.5 Å². The van der Waals surface area contributed by atoms with Gasteiger partial charge in [-0.25, -0.2) is 0 Å². The van der Waals surface area contributed by atoms with Gasteiger partial charge in [-0.15, -0.1) is 0 Å². The third kappa shape index (κ3) is 2.77. The highest BCUT2D eigenvalue weighted by atomic mass is 16.5. The van der Waals surface area contributed by atoms with Crippen LogP contribution in [0.25, 0.3) is 0 Å². The smallest absolute Gasteiger partial charge is 0.242 e. The van der Waals surface area contributed by atoms with Crippen molar-refractivity contribution in [1.29, 1.82) is 0 Å². The van der Waals surface area contributed by atoms with Crippen LogP contribution in [0, 0.1) is 0 Å². The standard InChI is InChI=1S/C14H21N3O2/c1-15-13(18)14(11-19-2)6-3-9-17(14)10-12-4-7-16-8-5-12/h4-5,7-8H,3,6,9-11H2,1-2H3,(H,15,18). The van der Waals surface area contributed by atoms with Crippen LogP contribution in [0.1, 0.15) is 18.4 Å². The predicted octanol–water partition coefficient (Wildman–Crippen LogP) is 0.809. The fraction of sp³-hybridized carbons (Fsp3) is 0.571. The second-order valence-electron chi connectivity index (χ2n) is 4.92. The maximum atomic E-state index is 12.3. The molecule has 1 amide bonds. The van der Waals surface area contributed by atoms with E-state index in [0.29, 0.717) is 6.61 Å². The van der Waals surface area contributed by atoms with Gasteiger partial charge in [-0.2, -0.15) is 0 Å². The molecule has 104 valence electrons. The van der Waals surface area contributed by atoms with E-state index in [0.717, 1.165) is 25.9 Å². The lowest BCUT2D eigenvalue weighted by Gasteiger charge is -2.36. The largest absolute Gasteiger partial charge is 0.382 e. The minimum absolute atomic E-state index is 0.0425. The van der Waals surface area contributed by atoms with Crippen molar-refractivity contribution in [2.45, 2.75) is 24.9 Å². The van der Waals surface area contributed by atoms with Crippen LogP contribution in [-0.4, -0.2) is 48.6 Å². The third-order valence-electron chi connectivity index (χ3n) is 3.78. The van der Waals surface area contributed by atoms with Crippen molar-refractivity contribution in [3.05, 3.63) is 30.1 Å². The van der Waals surface area contributed by atoms with Gasteiger partial charge in [0.25, 0.3) is 0 Å². The van der Waals surface area contributed by atoms with E-state index < -0.39 is 5.54 Å². The summed E-state index contributed by atoms with van der Waals surface area (Å²) in [4.78, 5) is 18.5. The highest BCUT2D eigenvalue weighted by molar-refractivity contribution is 5.86. The first kappa shape index (κ1) is 14.0. The molecule has 0 aromatic carbocycles. The fourth-order valence-corrected chi connectivity index (χ4v) is 2.83. The molecule has 1 N–H and O–H groups in total. The monoisotopic (exact) mass is 263 g/mol. The van der Waals surface area contributed by atoms with Gasteiger partial charge in [-0.3, -0.25) is 14.7 Å². The van der Waals surface area contributed by atoms with Gasteiger partial charge in [0.05, 0.1) is 6.61 Å². The number of hydrogen-bond acceptors (Lipinski definition) is 4. The second-order valence-corrected chi connectivity index (χ2v) is 4.92. The molecule has 1 aliphatic rings. The van der Waals surface area contributed by atoms with Gasteiger partial charge in [0.2, 0.25) is 5.91 Å². The molecule has 5 heteroatoms. The third-order valence-corrected chi connectivity index (χ3v) is 3.78. The van der Waals surface area contributed by atoms with E-state index in [4.69, 9.17) is 4.74 Å². The molecule has 1 aromatic heterocycles. The quantitative estimate of drug-likeness (QED) is 0.854. The molecule has 2 rings (SSSR count). The molecule has 1 aromatic rings. The van der Waals surface area contributed by atoms with Crippen LogP contribution >= 0.6 is 0 Å². The number of nitrogens with zero attached hydrogens (tertiary/aromatic N) is 2. The summed E-state index contributed by atoms with van der Waals surface area (Å²) in [5.74, 6) is 0.0425. The average molecular weight is 263 g/mol. The number of methoxy groups -OCH3 is 1. The zero-order valence-corrected chi connectivity index (χ0v) is 11.6. The number of likely N-dealkylation sites (tertiary alicyclic amines) is 1. The van der Waals surface area contributed by atoms with Crippen LogP contribution in [0.3, 0.4) is 0 Å². The molecular formula is C14H21N3O2. The van der Waals surface area contributed by atoms with Crippen molar-refractivity contribution in [1.82, 2.24) is 15.2 Å². The molecule has 1 fully saturated rings. The molecular weight excluding hydrogens is 242 g/mol. The molecule has 19 heavy (non-hydrogen) atoms. The number of nitrogens with one attached hydrogen (secondary N) is 1. The van der Waals surface area contributed by atoms with Crippen molar-refractivity contribution in [3.8, 4) is 0 Å². The Bertz CT molecular complexity index is 424. The highest BCUT2D eigenvalue weighted by Gasteiger charge is 2.46. The summed E-state index contributed by atoms with van der Waals surface area (Å²) in [6.45, 7) is 2.09. The molecule has 0 aliphatic carbocycles. The summed E-state index contributed by atoms with van der Waals surface area (Å²) in [5.41, 5.74) is 0.633. The van der Waals surface area contributed by atoms with E-state index >= 15 is 0 Å². The van der Waals surface area contributed by atoms with Gasteiger partial charge in [-0.05, 0) is 37.1 Å². The zero-order valence-electron chi connectivity index (χ0n) is 11.6. The SMILES string of the molecule is CNC(=O)C1(COC)CCCN1Cc1ccncc1. The highest BCUT2D eigenvalue weighted by Crippen LogP contribution is 2.31. The van der Waals surface area contributed by atoms with Gasteiger partial charge in [0.1, 0.15) is 5.54 Å². The van der Waals surface area contributed by atoms with Crippen molar-refractivity contribution in [3.63, 3.8) is 0 Å². The Morgan fingerprint density at radius 1 is 1.53 bits per heavy atom. The normalized spacial score (nSPS) is 23.5. The average Bonchev–Trinajstić information content (AvgIpc) is 2.83. The van der Waals surface area contributed by atoms with Crippen LogP contribution < -0.4 is 5.32 Å². The lowest BCUT2D eigenvalue weighted by molar-refractivity contribution is -0.135. The number of rotatable bonds is 5. The molecule has 0 spiro atoms. The Labute approximate surface area is 114 Å². The lowest BCUT2D eigenvalue weighted by Crippen LogP contribution is -2.57. The molecule has 5 nitrogen and oxygen atoms in total. The number of ether oxygens (including phenoxy) is 1. The van der Waals surface area contributed by atoms with E-state index in [2.05, 4.69) is 15.2 Å². The summed E-state index contributed by atoms with van der Waals surface area (Å²) >= 11 is 0. The fourth-order valence-electron chi connectivity index (χ4n) is 2.83. The maximum Gasteiger partial charge on any atom is 0.242 e. The number of pyridine rings is 1. The van der Waals surface area contributed by atoms with Crippen molar-refractivity contribution in [2.24, 2.45) is 0 Å². The van der Waals surface area contributed by atoms with E-state index in [1.165, 1.54) is 5.56 Å². The van der Waals surface area contributed by atoms with Crippen LogP contribution in [0.2, 0.25) is 0 Å². The second kappa shape index (κ2) is 6.12. The number of aromatic nitrogens is 1. The van der Waals surface area contributed by atoms with Gasteiger partial charge < -0.3 is 10.1 Å². The van der Waals surface area contributed by atoms with E-state index in [1.54, 1.807) is 26.6 Å². The molecule has 0 saturated carbocycles. The number of hydrogen-bond donors (Lipinski definition) is 1. The summed E-state index contributed by atoms with van der Waals surface area (Å²) in [7, 11) is 3.33. The Hall–Kier alpha value is -1.46. The predicted molar refractivity (Wildman–Crippen MR) is 72.6 cm³/mol. The Kier molecular flexibility index (Phi) is 4.50. The van der Waals surface area contributed by atoms with Crippen molar-refractivity contribution < 1.29 is 9.53 Å². The van der Waals surface area contributed by atoms with Gasteiger partial charge in [0.15, 0.2) is 0 Å². The van der Waals surface area contributed by atoms with Crippen LogP contribution in [0.5, 0.6) is 0 Å². The zero-order chi connectivity index (χ0) is 13.7. The first-order chi connectivity index (χ1) is 9.23. The van der Waals surface area contributed by atoms with Crippen molar-refractivity contribution >= 4 is 5.91 Å². The molecule has 2 heterocycles. The topological polar surface area (TPSA) is 54.5 Å². The number of carbonyl (C=O) groups excluding carboxylic acids is 1. The molecule has 0 radical (unpaired) electrons. The van der Waals surface area contributed by atoms with Crippen LogP contribution in [-0.2, 0) is 16.1 Å². The molecule has 1 atom stereocenters. The van der Waals surface area contributed by atoms with E-state index in [-0.39, 0.29) is 5.91 Å². The van der Waals surface area contributed by atoms with Crippen molar-refractivity contribution in [2.75, 3.05) is 27.3 Å². The summed E-state index contributed by atoms with van der Waals surface area (Å²) < 4.78 is 5.31. The molecule has 1 saturated heterocycles. The number of likely N-dealkylation sites (N-methyl/N-ethyl adjacent to an activating group) is 1. The Balaban J connectivity index is 2.19. The van der Waals surface area contributed by atoms with Crippen LogP contribution in [0.4, 0.5) is 0 Å². The van der Waals surface area contributed by atoms with Gasteiger partial charge in [-0.1, -0.05) is 0 Å². The first-order valence-corrected chi connectivity index (χ1v) is 6.58. The molecule has 0 bridgehead atoms.